The number of likely N-dealkylation sites (tertiary alicyclic amines) is 1. The number of carbonyl (C=O) groups is 1. The van der Waals surface area contributed by atoms with Crippen molar-refractivity contribution in [3.05, 3.63) is 35.7 Å². The molecule has 0 bridgehead atoms. The highest BCUT2D eigenvalue weighted by atomic mass is 16.4. The predicted molar refractivity (Wildman–Crippen MR) is 78.7 cm³/mol. The second-order valence-electron chi connectivity index (χ2n) is 5.62. The first-order valence-electron chi connectivity index (χ1n) is 7.29. The summed E-state index contributed by atoms with van der Waals surface area (Å²) in [5, 5.41) is 8.32. The molecule has 1 aromatic carbocycles. The summed E-state index contributed by atoms with van der Waals surface area (Å²) in [6, 6.07) is 8.01. The number of carbonyl (C=O) groups excluding carboxylic acids is 1. The molecule has 1 aliphatic rings. The Balaban J connectivity index is 1.78. The minimum atomic E-state index is 0.109. The van der Waals surface area contributed by atoms with Crippen LogP contribution in [0.15, 0.2) is 28.7 Å². The highest BCUT2D eigenvalue weighted by Crippen LogP contribution is 2.28. The maximum absolute atomic E-state index is 11.5. The van der Waals surface area contributed by atoms with E-state index < -0.39 is 0 Å². The number of hydrogen-bond acceptors (Lipinski definition) is 4. The Morgan fingerprint density at radius 2 is 2.05 bits per heavy atom. The van der Waals surface area contributed by atoms with Gasteiger partial charge in [0.05, 0.1) is 5.92 Å². The van der Waals surface area contributed by atoms with E-state index in [1.54, 1.807) is 6.92 Å². The van der Waals surface area contributed by atoms with Crippen LogP contribution < -0.4 is 0 Å². The molecule has 1 amide bonds. The van der Waals surface area contributed by atoms with E-state index in [9.17, 15) is 4.79 Å². The smallest absolute Gasteiger partial charge is 0.247 e. The van der Waals surface area contributed by atoms with Gasteiger partial charge in [0.25, 0.3) is 0 Å². The van der Waals surface area contributed by atoms with Gasteiger partial charge in [0, 0.05) is 25.6 Å². The van der Waals surface area contributed by atoms with E-state index in [1.165, 1.54) is 5.56 Å². The van der Waals surface area contributed by atoms with Gasteiger partial charge in [-0.3, -0.25) is 4.79 Å². The van der Waals surface area contributed by atoms with Gasteiger partial charge in [-0.1, -0.05) is 17.7 Å². The van der Waals surface area contributed by atoms with Crippen molar-refractivity contribution in [2.45, 2.75) is 32.6 Å². The number of amides is 1. The average Bonchev–Trinajstić information content (AvgIpc) is 2.98. The fourth-order valence-electron chi connectivity index (χ4n) is 2.68. The second kappa shape index (κ2) is 5.68. The fourth-order valence-corrected chi connectivity index (χ4v) is 2.68. The normalized spacial score (nSPS) is 18.8. The number of piperidine rings is 1. The largest absolute Gasteiger partial charge is 0.420 e. The SMILES string of the molecule is CC(=O)N1CCC[C@@H](c2nnc(-c3ccc(C)cc3)o2)C1. The van der Waals surface area contributed by atoms with Gasteiger partial charge in [-0.25, -0.2) is 0 Å². The Morgan fingerprint density at radius 3 is 2.76 bits per heavy atom. The summed E-state index contributed by atoms with van der Waals surface area (Å²) in [7, 11) is 0. The molecule has 5 heteroatoms. The number of aryl methyl sites for hydroxylation is 1. The van der Waals surface area contributed by atoms with Crippen LogP contribution in [0.2, 0.25) is 0 Å². The van der Waals surface area contributed by atoms with Gasteiger partial charge >= 0.3 is 0 Å². The molecule has 0 saturated carbocycles. The van der Waals surface area contributed by atoms with Crippen molar-refractivity contribution in [3.63, 3.8) is 0 Å². The molecule has 1 aromatic heterocycles. The first-order chi connectivity index (χ1) is 10.1. The van der Waals surface area contributed by atoms with Crippen LogP contribution in [0.4, 0.5) is 0 Å². The van der Waals surface area contributed by atoms with Gasteiger partial charge < -0.3 is 9.32 Å². The molecular weight excluding hydrogens is 266 g/mol. The lowest BCUT2D eigenvalue weighted by Crippen LogP contribution is -2.37. The fraction of sp³-hybridized carbons (Fsp3) is 0.438. The quantitative estimate of drug-likeness (QED) is 0.851. The molecule has 0 N–H and O–H groups in total. The standard InChI is InChI=1S/C16H19N3O2/c1-11-5-7-13(8-6-11)15-17-18-16(21-15)14-4-3-9-19(10-14)12(2)20/h5-8,14H,3-4,9-10H2,1-2H3/t14-/m1/s1. The third-order valence-corrected chi connectivity index (χ3v) is 3.96. The Kier molecular flexibility index (Phi) is 3.73. The van der Waals surface area contributed by atoms with Gasteiger partial charge in [0.2, 0.25) is 17.7 Å². The summed E-state index contributed by atoms with van der Waals surface area (Å²) in [4.78, 5) is 13.3. The monoisotopic (exact) mass is 285 g/mol. The van der Waals surface area contributed by atoms with Crippen molar-refractivity contribution in [3.8, 4) is 11.5 Å². The van der Waals surface area contributed by atoms with Gasteiger partial charge in [0.1, 0.15) is 0 Å². The van der Waals surface area contributed by atoms with Crippen LogP contribution in [0.25, 0.3) is 11.5 Å². The topological polar surface area (TPSA) is 59.2 Å². The molecule has 1 aliphatic heterocycles. The highest BCUT2D eigenvalue weighted by molar-refractivity contribution is 5.73. The summed E-state index contributed by atoms with van der Waals surface area (Å²) >= 11 is 0. The van der Waals surface area contributed by atoms with Crippen molar-refractivity contribution in [1.29, 1.82) is 0 Å². The lowest BCUT2D eigenvalue weighted by molar-refractivity contribution is -0.130. The van der Waals surface area contributed by atoms with E-state index in [0.717, 1.165) is 24.9 Å². The van der Waals surface area contributed by atoms with Crippen LogP contribution in [0, 0.1) is 6.92 Å². The van der Waals surface area contributed by atoms with Crippen LogP contribution in [0.5, 0.6) is 0 Å². The molecule has 0 spiro atoms. The van der Waals surface area contributed by atoms with Crippen LogP contribution >= 0.6 is 0 Å². The van der Waals surface area contributed by atoms with Crippen molar-refractivity contribution < 1.29 is 9.21 Å². The first kappa shape index (κ1) is 13.8. The number of nitrogens with zero attached hydrogens (tertiary/aromatic N) is 3. The number of rotatable bonds is 2. The molecule has 21 heavy (non-hydrogen) atoms. The Bertz CT molecular complexity index is 633. The van der Waals surface area contributed by atoms with Gasteiger partial charge in [0.15, 0.2) is 0 Å². The molecule has 1 saturated heterocycles. The van der Waals surface area contributed by atoms with Crippen LogP contribution in [-0.2, 0) is 4.79 Å². The minimum absolute atomic E-state index is 0.109. The van der Waals surface area contributed by atoms with E-state index in [1.807, 2.05) is 36.1 Å². The summed E-state index contributed by atoms with van der Waals surface area (Å²) in [5.41, 5.74) is 2.13. The van der Waals surface area contributed by atoms with E-state index in [2.05, 4.69) is 10.2 Å². The van der Waals surface area contributed by atoms with E-state index in [-0.39, 0.29) is 11.8 Å². The molecule has 0 radical (unpaired) electrons. The van der Waals surface area contributed by atoms with E-state index >= 15 is 0 Å². The van der Waals surface area contributed by atoms with Crippen LogP contribution in [-0.4, -0.2) is 34.1 Å². The van der Waals surface area contributed by atoms with Crippen molar-refractivity contribution in [2.24, 2.45) is 0 Å². The Labute approximate surface area is 124 Å². The highest BCUT2D eigenvalue weighted by Gasteiger charge is 2.27. The molecule has 0 aliphatic carbocycles. The maximum atomic E-state index is 11.5. The van der Waals surface area contributed by atoms with Gasteiger partial charge in [-0.05, 0) is 31.9 Å². The summed E-state index contributed by atoms with van der Waals surface area (Å²) in [6.45, 7) is 5.14. The first-order valence-corrected chi connectivity index (χ1v) is 7.29. The van der Waals surface area contributed by atoms with Crippen molar-refractivity contribution in [1.82, 2.24) is 15.1 Å². The lowest BCUT2D eigenvalue weighted by atomic mass is 9.98. The summed E-state index contributed by atoms with van der Waals surface area (Å²) in [6.07, 6.45) is 1.96. The summed E-state index contributed by atoms with van der Waals surface area (Å²) in [5.74, 6) is 1.44. The number of benzene rings is 1. The molecule has 2 aromatic rings. The Hall–Kier alpha value is -2.17. The second-order valence-corrected chi connectivity index (χ2v) is 5.62. The third kappa shape index (κ3) is 2.96. The molecule has 3 rings (SSSR count). The molecule has 1 fully saturated rings. The van der Waals surface area contributed by atoms with E-state index in [4.69, 9.17) is 4.42 Å². The predicted octanol–water partition coefficient (Wildman–Crippen LogP) is 2.77. The van der Waals surface area contributed by atoms with Crippen LogP contribution in [0.3, 0.4) is 0 Å². The molecule has 1 atom stereocenters. The molecule has 2 heterocycles. The molecule has 0 unspecified atom stereocenters. The molecule has 5 nitrogen and oxygen atoms in total. The van der Waals surface area contributed by atoms with Gasteiger partial charge in [-0.2, -0.15) is 0 Å². The third-order valence-electron chi connectivity index (χ3n) is 3.96. The average molecular weight is 285 g/mol. The van der Waals surface area contributed by atoms with Crippen molar-refractivity contribution in [2.75, 3.05) is 13.1 Å². The van der Waals surface area contributed by atoms with Crippen molar-refractivity contribution >= 4 is 5.91 Å². The zero-order valence-corrected chi connectivity index (χ0v) is 12.4. The zero-order valence-electron chi connectivity index (χ0n) is 12.4. The number of aromatic nitrogens is 2. The molecular formula is C16H19N3O2. The van der Waals surface area contributed by atoms with Crippen LogP contribution in [0.1, 0.15) is 37.1 Å². The Morgan fingerprint density at radius 1 is 1.29 bits per heavy atom. The van der Waals surface area contributed by atoms with E-state index in [0.29, 0.717) is 18.3 Å². The molecule has 110 valence electrons. The van der Waals surface area contributed by atoms with Gasteiger partial charge in [-0.15, -0.1) is 10.2 Å². The number of hydrogen-bond donors (Lipinski definition) is 0. The minimum Gasteiger partial charge on any atom is -0.420 e. The maximum Gasteiger partial charge on any atom is 0.247 e. The lowest BCUT2D eigenvalue weighted by Gasteiger charge is -2.30. The zero-order chi connectivity index (χ0) is 14.8. The summed E-state index contributed by atoms with van der Waals surface area (Å²) < 4.78 is 5.82.